The maximum atomic E-state index is 11.9. The van der Waals surface area contributed by atoms with Gasteiger partial charge in [-0.2, -0.15) is 0 Å². The van der Waals surface area contributed by atoms with Crippen molar-refractivity contribution in [2.75, 3.05) is 19.7 Å². The van der Waals surface area contributed by atoms with Crippen LogP contribution < -0.4 is 0 Å². The normalized spacial score (nSPS) is 11.4. The van der Waals surface area contributed by atoms with Crippen molar-refractivity contribution in [2.45, 2.75) is 59.0 Å². The Morgan fingerprint density at radius 1 is 1.18 bits per heavy atom. The van der Waals surface area contributed by atoms with Crippen LogP contribution in [0.4, 0.5) is 4.79 Å². The molecule has 0 spiro atoms. The SMILES string of the molecule is CCCCN(CCCCO)C(=O)OC(C)(C)C. The van der Waals surface area contributed by atoms with Gasteiger partial charge >= 0.3 is 6.09 Å². The van der Waals surface area contributed by atoms with Crippen molar-refractivity contribution < 1.29 is 14.6 Å². The molecule has 102 valence electrons. The number of hydrogen-bond donors (Lipinski definition) is 1. The van der Waals surface area contributed by atoms with E-state index in [2.05, 4.69) is 6.92 Å². The van der Waals surface area contributed by atoms with E-state index in [1.54, 1.807) is 4.90 Å². The van der Waals surface area contributed by atoms with E-state index in [9.17, 15) is 4.79 Å². The highest BCUT2D eigenvalue weighted by molar-refractivity contribution is 5.68. The Morgan fingerprint density at radius 2 is 1.76 bits per heavy atom. The summed E-state index contributed by atoms with van der Waals surface area (Å²) in [6.45, 7) is 9.28. The highest BCUT2D eigenvalue weighted by Gasteiger charge is 2.21. The summed E-state index contributed by atoms with van der Waals surface area (Å²) in [6.07, 6.45) is 3.34. The molecule has 0 aromatic carbocycles. The zero-order valence-corrected chi connectivity index (χ0v) is 11.7. The number of aliphatic hydroxyl groups is 1. The Morgan fingerprint density at radius 3 is 2.24 bits per heavy atom. The van der Waals surface area contributed by atoms with E-state index in [0.29, 0.717) is 6.54 Å². The Bertz CT molecular complexity index is 211. The van der Waals surface area contributed by atoms with E-state index in [1.165, 1.54) is 0 Å². The molecule has 4 nitrogen and oxygen atoms in total. The lowest BCUT2D eigenvalue weighted by Crippen LogP contribution is -2.38. The predicted octanol–water partition coefficient (Wildman–Crippen LogP) is 2.80. The van der Waals surface area contributed by atoms with Gasteiger partial charge in [0.2, 0.25) is 0 Å². The van der Waals surface area contributed by atoms with Gasteiger partial charge in [-0.15, -0.1) is 0 Å². The monoisotopic (exact) mass is 245 g/mol. The molecule has 0 aliphatic carbocycles. The number of nitrogens with zero attached hydrogens (tertiary/aromatic N) is 1. The topological polar surface area (TPSA) is 49.8 Å². The van der Waals surface area contributed by atoms with Crippen molar-refractivity contribution in [2.24, 2.45) is 0 Å². The Balaban J connectivity index is 4.19. The largest absolute Gasteiger partial charge is 0.444 e. The second kappa shape index (κ2) is 8.34. The van der Waals surface area contributed by atoms with Crippen LogP contribution in [0.2, 0.25) is 0 Å². The molecule has 0 saturated heterocycles. The van der Waals surface area contributed by atoms with Crippen LogP contribution in [0.3, 0.4) is 0 Å². The van der Waals surface area contributed by atoms with Crippen LogP contribution in [-0.2, 0) is 4.74 Å². The number of carbonyl (C=O) groups is 1. The van der Waals surface area contributed by atoms with Crippen LogP contribution in [0.5, 0.6) is 0 Å². The maximum absolute atomic E-state index is 11.9. The van der Waals surface area contributed by atoms with Gasteiger partial charge in [0.05, 0.1) is 0 Å². The molecule has 0 unspecified atom stereocenters. The molecule has 0 atom stereocenters. The van der Waals surface area contributed by atoms with Crippen molar-refractivity contribution in [1.29, 1.82) is 0 Å². The lowest BCUT2D eigenvalue weighted by molar-refractivity contribution is 0.0242. The zero-order valence-electron chi connectivity index (χ0n) is 11.7. The third kappa shape index (κ3) is 8.98. The summed E-state index contributed by atoms with van der Waals surface area (Å²) in [6, 6.07) is 0. The molecule has 17 heavy (non-hydrogen) atoms. The fourth-order valence-corrected chi connectivity index (χ4v) is 1.38. The summed E-state index contributed by atoms with van der Waals surface area (Å²) >= 11 is 0. The summed E-state index contributed by atoms with van der Waals surface area (Å²) < 4.78 is 5.35. The Hall–Kier alpha value is -0.770. The minimum absolute atomic E-state index is 0.177. The molecule has 1 amide bonds. The fraction of sp³-hybridized carbons (Fsp3) is 0.923. The molecule has 0 aromatic rings. The molecule has 0 aliphatic heterocycles. The zero-order chi connectivity index (χ0) is 13.3. The summed E-state index contributed by atoms with van der Waals surface area (Å²) in [5, 5.41) is 8.75. The molecule has 0 rings (SSSR count). The average molecular weight is 245 g/mol. The van der Waals surface area contributed by atoms with Crippen molar-refractivity contribution in [3.63, 3.8) is 0 Å². The van der Waals surface area contributed by atoms with Crippen LogP contribution >= 0.6 is 0 Å². The summed E-state index contributed by atoms with van der Waals surface area (Å²) in [7, 11) is 0. The van der Waals surface area contributed by atoms with E-state index in [1.807, 2.05) is 20.8 Å². The van der Waals surface area contributed by atoms with Gasteiger partial charge in [-0.25, -0.2) is 4.79 Å². The third-order valence-corrected chi connectivity index (χ3v) is 2.27. The molecular weight excluding hydrogens is 218 g/mol. The number of aliphatic hydroxyl groups excluding tert-OH is 1. The number of amides is 1. The Kier molecular flexibility index (Phi) is 7.96. The average Bonchev–Trinajstić information content (AvgIpc) is 2.20. The van der Waals surface area contributed by atoms with Crippen molar-refractivity contribution >= 4 is 6.09 Å². The molecule has 0 aliphatic rings. The number of hydrogen-bond acceptors (Lipinski definition) is 3. The van der Waals surface area contributed by atoms with Crippen LogP contribution in [0.15, 0.2) is 0 Å². The van der Waals surface area contributed by atoms with Gasteiger partial charge in [-0.1, -0.05) is 13.3 Å². The highest BCUT2D eigenvalue weighted by atomic mass is 16.6. The van der Waals surface area contributed by atoms with Gasteiger partial charge in [0, 0.05) is 19.7 Å². The molecule has 0 radical (unpaired) electrons. The lowest BCUT2D eigenvalue weighted by atomic mass is 10.2. The third-order valence-electron chi connectivity index (χ3n) is 2.27. The lowest BCUT2D eigenvalue weighted by Gasteiger charge is -2.27. The second-order valence-electron chi connectivity index (χ2n) is 5.25. The maximum Gasteiger partial charge on any atom is 0.410 e. The Labute approximate surface area is 105 Å². The van der Waals surface area contributed by atoms with Gasteiger partial charge in [0.15, 0.2) is 0 Å². The molecule has 0 bridgehead atoms. The van der Waals surface area contributed by atoms with E-state index in [-0.39, 0.29) is 12.7 Å². The highest BCUT2D eigenvalue weighted by Crippen LogP contribution is 2.11. The van der Waals surface area contributed by atoms with Crippen LogP contribution in [-0.4, -0.2) is 41.4 Å². The first-order chi connectivity index (χ1) is 7.90. The van der Waals surface area contributed by atoms with Crippen molar-refractivity contribution in [3.05, 3.63) is 0 Å². The molecule has 0 heterocycles. The molecule has 4 heteroatoms. The predicted molar refractivity (Wildman–Crippen MR) is 69.0 cm³/mol. The number of carbonyl (C=O) groups excluding carboxylic acids is 1. The van der Waals surface area contributed by atoms with Gasteiger partial charge < -0.3 is 14.7 Å². The first-order valence-electron chi connectivity index (χ1n) is 6.49. The smallest absolute Gasteiger partial charge is 0.410 e. The number of unbranched alkanes of at least 4 members (excludes halogenated alkanes) is 2. The van der Waals surface area contributed by atoms with Gasteiger partial charge in [0.25, 0.3) is 0 Å². The van der Waals surface area contributed by atoms with E-state index < -0.39 is 5.60 Å². The molecule has 1 N–H and O–H groups in total. The summed E-state index contributed by atoms with van der Waals surface area (Å²) in [5.41, 5.74) is -0.446. The van der Waals surface area contributed by atoms with E-state index in [0.717, 1.165) is 32.2 Å². The first kappa shape index (κ1) is 16.2. The quantitative estimate of drug-likeness (QED) is 0.702. The van der Waals surface area contributed by atoms with Crippen LogP contribution in [0, 0.1) is 0 Å². The van der Waals surface area contributed by atoms with Gasteiger partial charge in [-0.3, -0.25) is 0 Å². The van der Waals surface area contributed by atoms with E-state index in [4.69, 9.17) is 9.84 Å². The minimum Gasteiger partial charge on any atom is -0.444 e. The summed E-state index contributed by atoms with van der Waals surface area (Å²) in [5.74, 6) is 0. The van der Waals surface area contributed by atoms with E-state index >= 15 is 0 Å². The number of rotatable bonds is 7. The fourth-order valence-electron chi connectivity index (χ4n) is 1.38. The van der Waals surface area contributed by atoms with Crippen molar-refractivity contribution in [3.8, 4) is 0 Å². The summed E-state index contributed by atoms with van der Waals surface area (Å²) in [4.78, 5) is 13.6. The first-order valence-corrected chi connectivity index (χ1v) is 6.49. The minimum atomic E-state index is -0.446. The number of ether oxygens (including phenoxy) is 1. The van der Waals surface area contributed by atoms with Gasteiger partial charge in [0.1, 0.15) is 5.60 Å². The molecule has 0 fully saturated rings. The second-order valence-corrected chi connectivity index (χ2v) is 5.25. The standard InChI is InChI=1S/C13H27NO3/c1-5-6-9-14(10-7-8-11-15)12(16)17-13(2,3)4/h15H,5-11H2,1-4H3. The van der Waals surface area contributed by atoms with Gasteiger partial charge in [-0.05, 0) is 40.0 Å². The molecule has 0 aromatic heterocycles. The van der Waals surface area contributed by atoms with Crippen LogP contribution in [0.1, 0.15) is 53.4 Å². The molecule has 0 saturated carbocycles. The molecular formula is C13H27NO3. The van der Waals surface area contributed by atoms with Crippen LogP contribution in [0.25, 0.3) is 0 Å². The van der Waals surface area contributed by atoms with Crippen molar-refractivity contribution in [1.82, 2.24) is 4.90 Å².